The van der Waals surface area contributed by atoms with Gasteiger partial charge < -0.3 is 5.32 Å². The summed E-state index contributed by atoms with van der Waals surface area (Å²) in [5.74, 6) is 0.836. The maximum atomic E-state index is 12.7. The van der Waals surface area contributed by atoms with E-state index in [2.05, 4.69) is 57.9 Å². The van der Waals surface area contributed by atoms with Crippen molar-refractivity contribution in [2.24, 2.45) is 11.3 Å². The van der Waals surface area contributed by atoms with Gasteiger partial charge in [0.15, 0.2) is 0 Å². The Kier molecular flexibility index (Phi) is 6.17. The van der Waals surface area contributed by atoms with Crippen molar-refractivity contribution in [2.75, 3.05) is 10.7 Å². The lowest BCUT2D eigenvalue weighted by molar-refractivity contribution is -0.133. The third kappa shape index (κ3) is 3.96. The van der Waals surface area contributed by atoms with Gasteiger partial charge in [-0.1, -0.05) is 58.5 Å². The lowest BCUT2D eigenvalue weighted by Gasteiger charge is -2.35. The minimum absolute atomic E-state index is 0.111. The van der Waals surface area contributed by atoms with Crippen LogP contribution in [0.2, 0.25) is 0 Å². The maximum absolute atomic E-state index is 12.7. The number of alkyl halides is 2. The molecule has 1 aliphatic carbocycles. The van der Waals surface area contributed by atoms with Crippen molar-refractivity contribution < 1.29 is 4.79 Å². The molecule has 1 amide bonds. The average molecular weight is 383 g/mol. The fourth-order valence-electron chi connectivity index (χ4n) is 2.87. The molecule has 1 aliphatic rings. The summed E-state index contributed by atoms with van der Waals surface area (Å²) >= 11 is 6.99. The zero-order chi connectivity index (χ0) is 13.8. The summed E-state index contributed by atoms with van der Waals surface area (Å²) in [6, 6.07) is 0. The van der Waals surface area contributed by atoms with Crippen LogP contribution in [0, 0.1) is 11.3 Å². The van der Waals surface area contributed by atoms with Crippen LogP contribution < -0.4 is 5.32 Å². The van der Waals surface area contributed by atoms with Crippen molar-refractivity contribution in [1.82, 2.24) is 5.32 Å². The van der Waals surface area contributed by atoms with Gasteiger partial charge >= 0.3 is 0 Å². The number of rotatable bonds is 6. The number of hydrogen-bond donors (Lipinski definition) is 1. The van der Waals surface area contributed by atoms with E-state index in [1.165, 1.54) is 12.8 Å². The summed E-state index contributed by atoms with van der Waals surface area (Å²) in [4.78, 5) is 12.7. The molecule has 1 fully saturated rings. The Morgan fingerprint density at radius 2 is 1.78 bits per heavy atom. The smallest absolute Gasteiger partial charge is 0.226 e. The second-order valence-electron chi connectivity index (χ2n) is 6.37. The van der Waals surface area contributed by atoms with Gasteiger partial charge in [0.25, 0.3) is 0 Å². The molecular formula is C14H25Br2NO. The highest BCUT2D eigenvalue weighted by molar-refractivity contribution is 9.09. The quantitative estimate of drug-likeness (QED) is 0.683. The second-order valence-corrected chi connectivity index (χ2v) is 7.49. The van der Waals surface area contributed by atoms with E-state index in [1.54, 1.807) is 0 Å². The van der Waals surface area contributed by atoms with Crippen LogP contribution in [0.5, 0.6) is 0 Å². The largest absolute Gasteiger partial charge is 0.349 e. The van der Waals surface area contributed by atoms with Gasteiger partial charge in [0, 0.05) is 16.1 Å². The Hall–Kier alpha value is 0.430. The number of halogens is 2. The van der Waals surface area contributed by atoms with Crippen LogP contribution in [0.1, 0.15) is 52.9 Å². The van der Waals surface area contributed by atoms with Crippen LogP contribution in [0.25, 0.3) is 0 Å². The Bertz CT molecular complexity index is 282. The molecule has 4 heteroatoms. The van der Waals surface area contributed by atoms with Gasteiger partial charge in [-0.25, -0.2) is 0 Å². The third-order valence-corrected chi connectivity index (χ3v) is 6.32. The molecular weight excluding hydrogens is 358 g/mol. The van der Waals surface area contributed by atoms with E-state index in [9.17, 15) is 4.79 Å². The summed E-state index contributed by atoms with van der Waals surface area (Å²) in [5.41, 5.74) is -0.302. The summed E-state index contributed by atoms with van der Waals surface area (Å²) in [6.07, 6.45) is 5.51. The molecule has 0 spiro atoms. The zero-order valence-electron chi connectivity index (χ0n) is 11.7. The van der Waals surface area contributed by atoms with Gasteiger partial charge in [-0.05, 0) is 32.1 Å². The predicted octanol–water partition coefficient (Wildman–Crippen LogP) is 4.26. The Morgan fingerprint density at radius 1 is 1.28 bits per heavy atom. The van der Waals surface area contributed by atoms with Gasteiger partial charge in [0.2, 0.25) is 5.91 Å². The molecule has 0 aromatic rings. The van der Waals surface area contributed by atoms with E-state index >= 15 is 0 Å². The van der Waals surface area contributed by atoms with Crippen LogP contribution in [0.15, 0.2) is 0 Å². The fourth-order valence-corrected chi connectivity index (χ4v) is 4.08. The molecule has 0 atom stereocenters. The van der Waals surface area contributed by atoms with Crippen molar-refractivity contribution >= 4 is 37.8 Å². The summed E-state index contributed by atoms with van der Waals surface area (Å²) in [6.45, 7) is 6.50. The lowest BCUT2D eigenvalue weighted by atomic mass is 9.77. The SMILES string of the molecule is CC(C)CC1(C(=O)NC(C)(CBr)CBr)CCCC1. The highest BCUT2D eigenvalue weighted by Gasteiger charge is 2.43. The molecule has 0 bridgehead atoms. The number of nitrogens with one attached hydrogen (secondary N) is 1. The minimum atomic E-state index is -0.191. The second kappa shape index (κ2) is 6.74. The predicted molar refractivity (Wildman–Crippen MR) is 84.5 cm³/mol. The zero-order valence-corrected chi connectivity index (χ0v) is 14.9. The molecule has 106 valence electrons. The van der Waals surface area contributed by atoms with Crippen molar-refractivity contribution in [3.63, 3.8) is 0 Å². The Balaban J connectivity index is 2.78. The molecule has 1 rings (SSSR count). The van der Waals surface area contributed by atoms with Gasteiger partial charge in [-0.2, -0.15) is 0 Å². The van der Waals surface area contributed by atoms with Crippen LogP contribution in [0.4, 0.5) is 0 Å². The molecule has 0 saturated heterocycles. The molecule has 0 aromatic heterocycles. The first-order valence-corrected chi connectivity index (χ1v) is 9.06. The summed E-state index contributed by atoms with van der Waals surface area (Å²) in [5, 5.41) is 4.79. The fraction of sp³-hybridized carbons (Fsp3) is 0.929. The molecule has 0 aromatic carbocycles. The van der Waals surface area contributed by atoms with Crippen LogP contribution in [0.3, 0.4) is 0 Å². The van der Waals surface area contributed by atoms with Gasteiger partial charge in [-0.15, -0.1) is 0 Å². The molecule has 1 N–H and O–H groups in total. The normalized spacial score (nSPS) is 19.2. The molecule has 1 saturated carbocycles. The third-order valence-electron chi connectivity index (χ3n) is 3.85. The Morgan fingerprint density at radius 3 is 2.17 bits per heavy atom. The lowest BCUT2D eigenvalue weighted by Crippen LogP contribution is -2.54. The van der Waals surface area contributed by atoms with E-state index < -0.39 is 0 Å². The number of amides is 1. The van der Waals surface area contributed by atoms with E-state index in [-0.39, 0.29) is 16.9 Å². The number of carbonyl (C=O) groups excluding carboxylic acids is 1. The van der Waals surface area contributed by atoms with Gasteiger partial charge in [0.05, 0.1) is 5.54 Å². The van der Waals surface area contributed by atoms with E-state index in [0.717, 1.165) is 29.9 Å². The number of hydrogen-bond acceptors (Lipinski definition) is 1. The van der Waals surface area contributed by atoms with Gasteiger partial charge in [-0.3, -0.25) is 4.79 Å². The Labute approximate surface area is 128 Å². The van der Waals surface area contributed by atoms with E-state index in [0.29, 0.717) is 5.92 Å². The average Bonchev–Trinajstić information content (AvgIpc) is 2.77. The van der Waals surface area contributed by atoms with Gasteiger partial charge in [0.1, 0.15) is 0 Å². The highest BCUT2D eigenvalue weighted by atomic mass is 79.9. The first-order chi connectivity index (χ1) is 8.37. The monoisotopic (exact) mass is 381 g/mol. The van der Waals surface area contributed by atoms with E-state index in [1.807, 2.05) is 0 Å². The highest BCUT2D eigenvalue weighted by Crippen LogP contribution is 2.43. The van der Waals surface area contributed by atoms with Crippen molar-refractivity contribution in [3.8, 4) is 0 Å². The van der Waals surface area contributed by atoms with Crippen molar-refractivity contribution in [2.45, 2.75) is 58.4 Å². The molecule has 0 aliphatic heterocycles. The molecule has 0 unspecified atom stereocenters. The van der Waals surface area contributed by atoms with Crippen molar-refractivity contribution in [3.05, 3.63) is 0 Å². The van der Waals surface area contributed by atoms with Crippen molar-refractivity contribution in [1.29, 1.82) is 0 Å². The standard InChI is InChI=1S/C14H25Br2NO/c1-11(2)8-14(6-4-5-7-14)12(18)17-13(3,9-15)10-16/h11H,4-10H2,1-3H3,(H,17,18). The topological polar surface area (TPSA) is 29.1 Å². The van der Waals surface area contributed by atoms with Crippen LogP contribution >= 0.6 is 31.9 Å². The van der Waals surface area contributed by atoms with Crippen LogP contribution in [-0.2, 0) is 4.79 Å². The number of carbonyl (C=O) groups is 1. The first kappa shape index (κ1) is 16.5. The molecule has 0 heterocycles. The maximum Gasteiger partial charge on any atom is 0.226 e. The van der Waals surface area contributed by atoms with Crippen LogP contribution in [-0.4, -0.2) is 22.1 Å². The van der Waals surface area contributed by atoms with E-state index in [4.69, 9.17) is 0 Å². The summed E-state index contributed by atoms with van der Waals surface area (Å²) in [7, 11) is 0. The molecule has 2 nitrogen and oxygen atoms in total. The minimum Gasteiger partial charge on any atom is -0.349 e. The first-order valence-electron chi connectivity index (χ1n) is 6.82. The summed E-state index contributed by atoms with van der Waals surface area (Å²) < 4.78 is 0. The molecule has 0 radical (unpaired) electrons. The molecule has 18 heavy (non-hydrogen) atoms.